The molecule has 2 aliphatic carbocycles. The van der Waals surface area contributed by atoms with E-state index in [0.717, 1.165) is 31.2 Å². The lowest BCUT2D eigenvalue weighted by atomic mass is 9.82. The second-order valence-corrected chi connectivity index (χ2v) is 7.19. The fraction of sp³-hybridized carbons (Fsp3) is 0.938. The number of nitrogens with zero attached hydrogens (tertiary/aromatic N) is 1. The smallest absolute Gasteiger partial charge is 0.244 e. The molecular weight excluding hydrogens is 236 g/mol. The van der Waals surface area contributed by atoms with Crippen molar-refractivity contribution in [2.75, 3.05) is 6.54 Å². The lowest BCUT2D eigenvalue weighted by Gasteiger charge is -2.31. The summed E-state index contributed by atoms with van der Waals surface area (Å²) in [6.45, 7) is 5.51. The van der Waals surface area contributed by atoms with Crippen LogP contribution in [0, 0.1) is 11.8 Å². The zero-order valence-corrected chi connectivity index (χ0v) is 12.5. The first-order valence-electron chi connectivity index (χ1n) is 8.19. The lowest BCUT2D eigenvalue weighted by molar-refractivity contribution is -0.133. The van der Waals surface area contributed by atoms with E-state index in [1.165, 1.54) is 38.5 Å². The van der Waals surface area contributed by atoms with Gasteiger partial charge >= 0.3 is 0 Å². The Hall–Kier alpha value is -0.570. The van der Waals surface area contributed by atoms with Crippen molar-refractivity contribution in [1.29, 1.82) is 0 Å². The summed E-state index contributed by atoms with van der Waals surface area (Å²) in [5, 5.41) is 3.60. The predicted octanol–water partition coefficient (Wildman–Crippen LogP) is 2.90. The summed E-state index contributed by atoms with van der Waals surface area (Å²) in [7, 11) is 0. The maximum atomic E-state index is 12.7. The lowest BCUT2D eigenvalue weighted by Crippen LogP contribution is -2.44. The minimum atomic E-state index is -0.179. The first-order chi connectivity index (χ1) is 9.11. The Morgan fingerprint density at radius 1 is 1.16 bits per heavy atom. The zero-order chi connectivity index (χ0) is 13.5. The summed E-state index contributed by atoms with van der Waals surface area (Å²) >= 11 is 0. The van der Waals surface area contributed by atoms with Crippen molar-refractivity contribution < 1.29 is 4.79 Å². The third-order valence-corrected chi connectivity index (χ3v) is 5.67. The van der Waals surface area contributed by atoms with Crippen molar-refractivity contribution in [3.8, 4) is 0 Å². The molecular formula is C16H28N2O. The Balaban J connectivity index is 1.63. The number of carbonyl (C=O) groups excluding carboxylic acids is 1. The molecule has 0 aromatic heterocycles. The fourth-order valence-corrected chi connectivity index (χ4v) is 4.36. The van der Waals surface area contributed by atoms with Gasteiger partial charge in [-0.15, -0.1) is 0 Å². The quantitative estimate of drug-likeness (QED) is 0.831. The number of hydrogen-bond acceptors (Lipinski definition) is 2. The Labute approximate surface area is 117 Å². The van der Waals surface area contributed by atoms with Gasteiger partial charge < -0.3 is 4.90 Å². The minimum Gasteiger partial charge on any atom is -0.326 e. The van der Waals surface area contributed by atoms with E-state index >= 15 is 0 Å². The molecule has 0 radical (unpaired) electrons. The number of amides is 1. The van der Waals surface area contributed by atoms with Crippen LogP contribution in [-0.4, -0.2) is 29.1 Å². The monoisotopic (exact) mass is 264 g/mol. The van der Waals surface area contributed by atoms with E-state index in [-0.39, 0.29) is 11.7 Å². The van der Waals surface area contributed by atoms with Gasteiger partial charge in [0, 0.05) is 6.54 Å². The van der Waals surface area contributed by atoms with Crippen LogP contribution in [-0.2, 0) is 4.79 Å². The first-order valence-corrected chi connectivity index (χ1v) is 8.19. The maximum Gasteiger partial charge on any atom is 0.244 e. The average Bonchev–Trinajstić information content (AvgIpc) is 2.94. The number of nitrogens with one attached hydrogen (secondary N) is 1. The summed E-state index contributed by atoms with van der Waals surface area (Å²) in [6.07, 6.45) is 10.1. The van der Waals surface area contributed by atoms with E-state index in [9.17, 15) is 4.79 Å². The van der Waals surface area contributed by atoms with Gasteiger partial charge in [0.2, 0.25) is 5.91 Å². The summed E-state index contributed by atoms with van der Waals surface area (Å²) in [6, 6.07) is 0. The SMILES string of the molecule is CC1CCC(CN2C(=O)C3(CCCC3)NC2C)CC1. The third-order valence-electron chi connectivity index (χ3n) is 5.67. The molecule has 0 aromatic carbocycles. The summed E-state index contributed by atoms with van der Waals surface area (Å²) in [5.41, 5.74) is -0.179. The van der Waals surface area contributed by atoms with E-state index in [0.29, 0.717) is 5.91 Å². The standard InChI is InChI=1S/C16H28N2O/c1-12-5-7-14(8-6-12)11-18-13(2)17-16(15(18)19)9-3-4-10-16/h12-14,17H,3-11H2,1-2H3. The van der Waals surface area contributed by atoms with Gasteiger partial charge in [-0.2, -0.15) is 0 Å². The molecule has 1 aliphatic heterocycles. The molecule has 108 valence electrons. The van der Waals surface area contributed by atoms with Gasteiger partial charge in [0.05, 0.1) is 11.7 Å². The van der Waals surface area contributed by atoms with Crippen LogP contribution in [0.5, 0.6) is 0 Å². The first kappa shape index (κ1) is 13.4. The molecule has 3 rings (SSSR count). The van der Waals surface area contributed by atoms with Crippen LogP contribution in [0.15, 0.2) is 0 Å². The Kier molecular flexibility index (Phi) is 3.59. The molecule has 0 aromatic rings. The van der Waals surface area contributed by atoms with Crippen LogP contribution in [0.4, 0.5) is 0 Å². The Morgan fingerprint density at radius 3 is 2.42 bits per heavy atom. The highest BCUT2D eigenvalue weighted by molar-refractivity contribution is 5.89. The highest BCUT2D eigenvalue weighted by Gasteiger charge is 2.51. The molecule has 1 heterocycles. The highest BCUT2D eigenvalue weighted by atomic mass is 16.2. The van der Waals surface area contributed by atoms with E-state index in [4.69, 9.17) is 0 Å². The predicted molar refractivity (Wildman–Crippen MR) is 76.6 cm³/mol. The van der Waals surface area contributed by atoms with Gasteiger partial charge in [0.1, 0.15) is 0 Å². The van der Waals surface area contributed by atoms with Crippen molar-refractivity contribution in [1.82, 2.24) is 10.2 Å². The molecule has 0 bridgehead atoms. The average molecular weight is 264 g/mol. The van der Waals surface area contributed by atoms with Gasteiger partial charge in [-0.3, -0.25) is 10.1 Å². The molecule has 1 amide bonds. The summed E-state index contributed by atoms with van der Waals surface area (Å²) in [4.78, 5) is 14.9. The molecule has 1 spiro atoms. The number of rotatable bonds is 2. The van der Waals surface area contributed by atoms with Gasteiger partial charge in [-0.25, -0.2) is 0 Å². The van der Waals surface area contributed by atoms with Crippen molar-refractivity contribution in [2.24, 2.45) is 11.8 Å². The van der Waals surface area contributed by atoms with E-state index in [1.54, 1.807) is 0 Å². The molecule has 1 N–H and O–H groups in total. The van der Waals surface area contributed by atoms with Crippen molar-refractivity contribution >= 4 is 5.91 Å². The fourth-order valence-electron chi connectivity index (χ4n) is 4.36. The Bertz CT molecular complexity index is 341. The molecule has 1 saturated heterocycles. The summed E-state index contributed by atoms with van der Waals surface area (Å²) in [5.74, 6) is 2.03. The maximum absolute atomic E-state index is 12.7. The van der Waals surface area contributed by atoms with Crippen molar-refractivity contribution in [3.05, 3.63) is 0 Å². The van der Waals surface area contributed by atoms with Crippen molar-refractivity contribution in [2.45, 2.75) is 76.9 Å². The van der Waals surface area contributed by atoms with Crippen LogP contribution in [0.3, 0.4) is 0 Å². The number of hydrogen-bond donors (Lipinski definition) is 1. The van der Waals surface area contributed by atoms with Crippen LogP contribution >= 0.6 is 0 Å². The van der Waals surface area contributed by atoms with Crippen molar-refractivity contribution in [3.63, 3.8) is 0 Å². The molecule has 2 saturated carbocycles. The van der Waals surface area contributed by atoms with Gasteiger partial charge in [-0.05, 0) is 44.4 Å². The van der Waals surface area contributed by atoms with E-state index < -0.39 is 0 Å². The minimum absolute atomic E-state index is 0.179. The molecule has 1 unspecified atom stereocenters. The molecule has 19 heavy (non-hydrogen) atoms. The second kappa shape index (κ2) is 5.08. The molecule has 3 aliphatic rings. The Morgan fingerprint density at radius 2 is 1.79 bits per heavy atom. The van der Waals surface area contributed by atoms with Crippen LogP contribution in [0.25, 0.3) is 0 Å². The third kappa shape index (κ3) is 2.42. The number of carbonyl (C=O) groups is 1. The van der Waals surface area contributed by atoms with Gasteiger partial charge in [0.25, 0.3) is 0 Å². The largest absolute Gasteiger partial charge is 0.326 e. The van der Waals surface area contributed by atoms with Crippen LogP contribution in [0.2, 0.25) is 0 Å². The molecule has 3 heteroatoms. The topological polar surface area (TPSA) is 32.3 Å². The normalized spacial score (nSPS) is 38.3. The highest BCUT2D eigenvalue weighted by Crippen LogP contribution is 2.37. The second-order valence-electron chi connectivity index (χ2n) is 7.19. The van der Waals surface area contributed by atoms with E-state index in [2.05, 4.69) is 24.1 Å². The van der Waals surface area contributed by atoms with E-state index in [1.807, 2.05) is 0 Å². The molecule has 3 nitrogen and oxygen atoms in total. The zero-order valence-electron chi connectivity index (χ0n) is 12.5. The van der Waals surface area contributed by atoms with Crippen LogP contribution < -0.4 is 5.32 Å². The van der Waals surface area contributed by atoms with Gasteiger partial charge in [-0.1, -0.05) is 32.6 Å². The molecule has 1 atom stereocenters. The summed E-state index contributed by atoms with van der Waals surface area (Å²) < 4.78 is 0. The van der Waals surface area contributed by atoms with Gasteiger partial charge in [0.15, 0.2) is 0 Å². The van der Waals surface area contributed by atoms with Crippen LogP contribution in [0.1, 0.15) is 65.2 Å². The molecule has 3 fully saturated rings.